The molecule has 0 amide bonds. The molecule has 0 saturated carbocycles. The van der Waals surface area contributed by atoms with E-state index < -0.39 is 0 Å². The Kier molecular flexibility index (Phi) is 7.74. The topological polar surface area (TPSA) is 44.8 Å². The Bertz CT molecular complexity index is 497. The average molecular weight is 336 g/mol. The highest BCUT2D eigenvalue weighted by molar-refractivity contribution is 5.70. The molecule has 4 heteroatoms. The van der Waals surface area contributed by atoms with Crippen molar-refractivity contribution in [3.63, 3.8) is 0 Å². The maximum Gasteiger partial charge on any atom is 0.332 e. The Morgan fingerprint density at radius 3 is 2.17 bits per heavy atom. The van der Waals surface area contributed by atoms with Crippen molar-refractivity contribution < 1.29 is 19.0 Å². The van der Waals surface area contributed by atoms with Gasteiger partial charge in [0.25, 0.3) is 0 Å². The molecular weight excluding hydrogens is 304 g/mol. The van der Waals surface area contributed by atoms with Gasteiger partial charge in [0, 0.05) is 0 Å². The van der Waals surface area contributed by atoms with Gasteiger partial charge < -0.3 is 14.2 Å². The fourth-order valence-electron chi connectivity index (χ4n) is 3.01. The number of rotatable bonds is 9. The molecule has 0 aliphatic heterocycles. The van der Waals surface area contributed by atoms with Gasteiger partial charge in [-0.2, -0.15) is 0 Å². The zero-order valence-corrected chi connectivity index (χ0v) is 16.0. The number of hydrogen-bond acceptors (Lipinski definition) is 4. The van der Waals surface area contributed by atoms with Gasteiger partial charge in [0.15, 0.2) is 0 Å². The zero-order valence-electron chi connectivity index (χ0n) is 16.0. The number of carbonyl (C=O) groups is 1. The highest BCUT2D eigenvalue weighted by Gasteiger charge is 2.27. The van der Waals surface area contributed by atoms with E-state index in [2.05, 4.69) is 46.8 Å². The van der Waals surface area contributed by atoms with Crippen molar-refractivity contribution in [3.8, 4) is 5.75 Å². The molecule has 1 aromatic rings. The Labute approximate surface area is 146 Å². The Morgan fingerprint density at radius 1 is 1.00 bits per heavy atom. The molecule has 0 atom stereocenters. The smallest absolute Gasteiger partial charge is 0.332 e. The summed E-state index contributed by atoms with van der Waals surface area (Å²) in [5, 5.41) is 0. The van der Waals surface area contributed by atoms with Gasteiger partial charge in [0.1, 0.15) is 19.0 Å². The molecule has 1 aromatic carbocycles. The third kappa shape index (κ3) is 7.82. The summed E-state index contributed by atoms with van der Waals surface area (Å²) >= 11 is 0. The van der Waals surface area contributed by atoms with Crippen LogP contribution in [0.5, 0.6) is 5.75 Å². The van der Waals surface area contributed by atoms with E-state index in [-0.39, 0.29) is 23.4 Å². The van der Waals surface area contributed by atoms with E-state index in [9.17, 15) is 4.79 Å². The van der Waals surface area contributed by atoms with Crippen molar-refractivity contribution in [3.05, 3.63) is 29.8 Å². The molecule has 0 aliphatic carbocycles. The Balaban J connectivity index is 2.41. The Hall–Kier alpha value is -1.55. The second kappa shape index (κ2) is 9.07. The molecule has 0 aliphatic rings. The minimum absolute atomic E-state index is 0.0306. The largest absolute Gasteiger partial charge is 0.491 e. The van der Waals surface area contributed by atoms with Gasteiger partial charge in [0.2, 0.25) is 0 Å². The predicted molar refractivity (Wildman–Crippen MR) is 96.5 cm³/mol. The molecule has 136 valence electrons. The lowest BCUT2D eigenvalue weighted by atomic mass is 9.72. The lowest BCUT2D eigenvalue weighted by Gasteiger charge is -2.33. The third-order valence-electron chi connectivity index (χ3n) is 3.63. The van der Waals surface area contributed by atoms with Crippen molar-refractivity contribution in [2.24, 2.45) is 5.41 Å². The van der Waals surface area contributed by atoms with Gasteiger partial charge in [-0.3, -0.25) is 0 Å². The lowest BCUT2D eigenvalue weighted by Crippen LogP contribution is -2.24. The van der Waals surface area contributed by atoms with Crippen molar-refractivity contribution >= 4 is 5.97 Å². The Morgan fingerprint density at radius 2 is 1.62 bits per heavy atom. The summed E-state index contributed by atoms with van der Waals surface area (Å²) in [6.07, 6.45) is 1.11. The lowest BCUT2D eigenvalue weighted by molar-refractivity contribution is -0.148. The monoisotopic (exact) mass is 336 g/mol. The molecule has 0 spiro atoms. The number of esters is 1. The van der Waals surface area contributed by atoms with E-state index >= 15 is 0 Å². The van der Waals surface area contributed by atoms with Gasteiger partial charge in [-0.15, -0.1) is 0 Å². The predicted octanol–water partition coefficient (Wildman–Crippen LogP) is 4.36. The van der Waals surface area contributed by atoms with Gasteiger partial charge in [0.05, 0.1) is 13.2 Å². The van der Waals surface area contributed by atoms with E-state index in [0.717, 1.165) is 12.2 Å². The summed E-state index contributed by atoms with van der Waals surface area (Å²) in [7, 11) is 0. The van der Waals surface area contributed by atoms with E-state index in [0.29, 0.717) is 19.8 Å². The molecule has 0 fully saturated rings. The van der Waals surface area contributed by atoms with Crippen LogP contribution in [-0.4, -0.2) is 32.4 Å². The standard InChI is InChI=1S/C20H32O4/c1-7-23-18(21)14-22-12-13-24-17-10-8-16(9-11-17)20(5,6)15-19(2,3)4/h8-11H,7,12-15H2,1-6H3. The minimum atomic E-state index is -0.345. The second-order valence-corrected chi connectivity index (χ2v) is 7.85. The zero-order chi connectivity index (χ0) is 18.2. The molecule has 24 heavy (non-hydrogen) atoms. The molecular formula is C20H32O4. The molecule has 0 heterocycles. The number of ether oxygens (including phenoxy) is 3. The van der Waals surface area contributed by atoms with Crippen molar-refractivity contribution in [2.45, 2.75) is 53.4 Å². The fraction of sp³-hybridized carbons (Fsp3) is 0.650. The molecule has 0 saturated heterocycles. The molecule has 0 aromatic heterocycles. The first-order valence-electron chi connectivity index (χ1n) is 8.61. The molecule has 0 N–H and O–H groups in total. The summed E-state index contributed by atoms with van der Waals surface area (Å²) in [5.41, 5.74) is 1.72. The summed E-state index contributed by atoms with van der Waals surface area (Å²) < 4.78 is 15.6. The van der Waals surface area contributed by atoms with Crippen molar-refractivity contribution in [1.29, 1.82) is 0 Å². The van der Waals surface area contributed by atoms with Gasteiger partial charge in [-0.1, -0.05) is 46.8 Å². The molecule has 1 rings (SSSR count). The summed E-state index contributed by atoms with van der Waals surface area (Å²) in [6.45, 7) is 14.2. The minimum Gasteiger partial charge on any atom is -0.491 e. The van der Waals surface area contributed by atoms with Crippen LogP contribution in [0.3, 0.4) is 0 Å². The number of carbonyl (C=O) groups excluding carboxylic acids is 1. The third-order valence-corrected chi connectivity index (χ3v) is 3.63. The maximum absolute atomic E-state index is 11.1. The van der Waals surface area contributed by atoms with Crippen molar-refractivity contribution in [2.75, 3.05) is 26.4 Å². The molecule has 0 radical (unpaired) electrons. The SMILES string of the molecule is CCOC(=O)COCCOc1ccc(C(C)(C)CC(C)(C)C)cc1. The van der Waals surface area contributed by atoms with Crippen LogP contribution in [0.15, 0.2) is 24.3 Å². The van der Waals surface area contributed by atoms with Crippen LogP contribution in [0.2, 0.25) is 0 Å². The quantitative estimate of drug-likeness (QED) is 0.496. The van der Waals surface area contributed by atoms with Crippen LogP contribution in [-0.2, 0) is 19.7 Å². The average Bonchev–Trinajstić information content (AvgIpc) is 2.45. The summed E-state index contributed by atoms with van der Waals surface area (Å²) in [5.74, 6) is 0.466. The van der Waals surface area contributed by atoms with Crippen LogP contribution >= 0.6 is 0 Å². The van der Waals surface area contributed by atoms with Crippen LogP contribution in [0.1, 0.15) is 53.5 Å². The number of benzene rings is 1. The first kappa shape index (κ1) is 20.5. The van der Waals surface area contributed by atoms with Gasteiger partial charge in [-0.25, -0.2) is 4.79 Å². The van der Waals surface area contributed by atoms with Crippen LogP contribution in [0.4, 0.5) is 0 Å². The van der Waals surface area contributed by atoms with Crippen molar-refractivity contribution in [1.82, 2.24) is 0 Å². The van der Waals surface area contributed by atoms with E-state index in [4.69, 9.17) is 14.2 Å². The van der Waals surface area contributed by atoms with Gasteiger partial charge >= 0.3 is 5.97 Å². The van der Waals surface area contributed by atoms with E-state index in [1.807, 2.05) is 12.1 Å². The number of hydrogen-bond donors (Lipinski definition) is 0. The summed E-state index contributed by atoms with van der Waals surface area (Å²) in [4.78, 5) is 11.1. The summed E-state index contributed by atoms with van der Waals surface area (Å²) in [6, 6.07) is 8.23. The fourth-order valence-corrected chi connectivity index (χ4v) is 3.01. The van der Waals surface area contributed by atoms with Gasteiger partial charge in [-0.05, 0) is 41.9 Å². The molecule has 0 unspecified atom stereocenters. The van der Waals surface area contributed by atoms with Crippen LogP contribution < -0.4 is 4.74 Å². The first-order chi connectivity index (χ1) is 11.1. The van der Waals surface area contributed by atoms with Crippen LogP contribution in [0, 0.1) is 5.41 Å². The molecule has 0 bridgehead atoms. The highest BCUT2D eigenvalue weighted by atomic mass is 16.6. The molecule has 4 nitrogen and oxygen atoms in total. The van der Waals surface area contributed by atoms with Crippen LogP contribution in [0.25, 0.3) is 0 Å². The normalized spacial score (nSPS) is 12.1. The second-order valence-electron chi connectivity index (χ2n) is 7.85. The maximum atomic E-state index is 11.1. The van der Waals surface area contributed by atoms with E-state index in [1.54, 1.807) is 6.92 Å². The first-order valence-corrected chi connectivity index (χ1v) is 8.61. The van der Waals surface area contributed by atoms with E-state index in [1.165, 1.54) is 5.56 Å². The highest BCUT2D eigenvalue weighted by Crippen LogP contribution is 2.36.